The summed E-state index contributed by atoms with van der Waals surface area (Å²) in [5.41, 5.74) is 2.61. The van der Waals surface area contributed by atoms with E-state index in [1.807, 2.05) is 30.3 Å². The molecule has 0 aliphatic carbocycles. The number of nitro groups is 2. The van der Waals surface area contributed by atoms with E-state index in [9.17, 15) is 25.0 Å². The number of carbonyl (C=O) groups is 1. The Morgan fingerprint density at radius 2 is 1.65 bits per heavy atom. The molecule has 0 aliphatic heterocycles. The number of rotatable bonds is 7. The molecule has 0 heterocycles. The van der Waals surface area contributed by atoms with Gasteiger partial charge in [-0.25, -0.2) is 4.79 Å². The summed E-state index contributed by atoms with van der Waals surface area (Å²) in [6, 6.07) is 22.6. The van der Waals surface area contributed by atoms with Gasteiger partial charge in [-0.15, -0.1) is 0 Å². The van der Waals surface area contributed by atoms with Gasteiger partial charge in [0.2, 0.25) is 0 Å². The number of carbonyl (C=O) groups excluding carboxylic acids is 1. The van der Waals surface area contributed by atoms with Gasteiger partial charge in [0, 0.05) is 6.07 Å². The van der Waals surface area contributed by atoms with E-state index >= 15 is 0 Å². The van der Waals surface area contributed by atoms with Crippen LogP contribution in [-0.2, 0) is 0 Å². The smallest absolute Gasteiger partial charge is 0.344 e. The molecule has 0 spiro atoms. The number of hydrogen-bond acceptors (Lipinski definition) is 8. The molecule has 34 heavy (non-hydrogen) atoms. The van der Waals surface area contributed by atoms with Gasteiger partial charge in [-0.05, 0) is 40.6 Å². The maximum atomic E-state index is 12.7. The third-order valence-electron chi connectivity index (χ3n) is 4.87. The normalized spacial score (nSPS) is 10.8. The van der Waals surface area contributed by atoms with Crippen molar-refractivity contribution in [3.63, 3.8) is 0 Å². The van der Waals surface area contributed by atoms with Crippen molar-refractivity contribution >= 4 is 40.0 Å². The zero-order valence-electron chi connectivity index (χ0n) is 17.5. The Morgan fingerprint density at radius 1 is 0.882 bits per heavy atom. The summed E-state index contributed by atoms with van der Waals surface area (Å²) in [7, 11) is 0. The Balaban J connectivity index is 1.49. The number of nitrogens with one attached hydrogen (secondary N) is 1. The lowest BCUT2D eigenvalue weighted by molar-refractivity contribution is -0.393. The Bertz CT molecular complexity index is 1450. The molecule has 1 N–H and O–H groups in total. The lowest BCUT2D eigenvalue weighted by atomic mass is 10.0. The second-order valence-corrected chi connectivity index (χ2v) is 7.07. The van der Waals surface area contributed by atoms with Crippen molar-refractivity contribution in [2.24, 2.45) is 5.10 Å². The molecule has 0 aliphatic rings. The molecular formula is C24H16N4O6. The first-order valence-corrected chi connectivity index (χ1v) is 9.94. The molecule has 168 valence electrons. The summed E-state index contributed by atoms with van der Waals surface area (Å²) in [4.78, 5) is 33.3. The highest BCUT2D eigenvalue weighted by Gasteiger charge is 2.19. The van der Waals surface area contributed by atoms with Crippen molar-refractivity contribution in [2.75, 3.05) is 5.43 Å². The maximum Gasteiger partial charge on any atom is 0.344 e. The molecule has 0 saturated carbocycles. The lowest BCUT2D eigenvalue weighted by Gasteiger charge is -2.08. The zero-order valence-corrected chi connectivity index (χ0v) is 17.5. The van der Waals surface area contributed by atoms with Crippen LogP contribution >= 0.6 is 0 Å². The molecule has 0 fully saturated rings. The van der Waals surface area contributed by atoms with Crippen LogP contribution in [0.5, 0.6) is 5.75 Å². The topological polar surface area (TPSA) is 137 Å². The minimum atomic E-state index is -0.738. The van der Waals surface area contributed by atoms with Crippen LogP contribution in [0, 0.1) is 20.2 Å². The second-order valence-electron chi connectivity index (χ2n) is 7.07. The van der Waals surface area contributed by atoms with Gasteiger partial charge in [-0.2, -0.15) is 5.10 Å². The van der Waals surface area contributed by atoms with Crippen molar-refractivity contribution in [2.45, 2.75) is 0 Å². The highest BCUT2D eigenvalue weighted by atomic mass is 16.6. The fourth-order valence-corrected chi connectivity index (χ4v) is 3.28. The van der Waals surface area contributed by atoms with Gasteiger partial charge in [0.15, 0.2) is 0 Å². The number of esters is 1. The average molecular weight is 456 g/mol. The highest BCUT2D eigenvalue weighted by molar-refractivity contribution is 6.05. The van der Waals surface area contributed by atoms with Gasteiger partial charge >= 0.3 is 11.7 Å². The fraction of sp³-hybridized carbons (Fsp3) is 0. The number of nitrogens with zero attached hydrogens (tertiary/aromatic N) is 3. The maximum absolute atomic E-state index is 12.7. The van der Waals surface area contributed by atoms with Gasteiger partial charge in [-0.1, -0.05) is 48.5 Å². The molecule has 0 bridgehead atoms. The van der Waals surface area contributed by atoms with Crippen LogP contribution in [0.4, 0.5) is 17.1 Å². The van der Waals surface area contributed by atoms with Crippen LogP contribution in [0.1, 0.15) is 15.9 Å². The molecule has 0 atom stereocenters. The van der Waals surface area contributed by atoms with E-state index in [1.54, 1.807) is 36.4 Å². The fourth-order valence-electron chi connectivity index (χ4n) is 3.28. The van der Waals surface area contributed by atoms with Crippen LogP contribution in [0.3, 0.4) is 0 Å². The Labute approximate surface area is 192 Å². The number of ether oxygens (including phenoxy) is 1. The van der Waals surface area contributed by atoms with Gasteiger partial charge < -0.3 is 4.74 Å². The third-order valence-corrected chi connectivity index (χ3v) is 4.87. The van der Waals surface area contributed by atoms with Crippen LogP contribution in [-0.4, -0.2) is 22.0 Å². The number of fused-ring (bicyclic) bond motifs is 1. The lowest BCUT2D eigenvalue weighted by Crippen LogP contribution is -2.09. The first kappa shape index (κ1) is 22.1. The minimum absolute atomic E-state index is 0.00890. The SMILES string of the molecule is O=C(Oc1cccc(/C=N\Nc2ccc([N+](=O)[O-])cc2[N+](=O)[O-])c1)c1cccc2ccccc12. The zero-order chi connectivity index (χ0) is 24.1. The summed E-state index contributed by atoms with van der Waals surface area (Å²) in [5, 5.41) is 27.7. The third kappa shape index (κ3) is 4.86. The number of nitro benzene ring substituents is 2. The van der Waals surface area contributed by atoms with Crippen LogP contribution in [0.2, 0.25) is 0 Å². The Morgan fingerprint density at radius 3 is 2.44 bits per heavy atom. The number of benzene rings is 4. The van der Waals surface area contributed by atoms with Crippen molar-refractivity contribution in [3.8, 4) is 5.75 Å². The van der Waals surface area contributed by atoms with E-state index in [0.717, 1.165) is 22.9 Å². The van der Waals surface area contributed by atoms with E-state index in [0.29, 0.717) is 16.9 Å². The van der Waals surface area contributed by atoms with Crippen LogP contribution < -0.4 is 10.2 Å². The molecule has 4 aromatic rings. The summed E-state index contributed by atoms with van der Waals surface area (Å²) in [5.74, 6) is -0.214. The number of anilines is 1. The molecule has 10 heteroatoms. The molecule has 0 saturated heterocycles. The van der Waals surface area contributed by atoms with Crippen molar-refractivity contribution in [3.05, 3.63) is 116 Å². The summed E-state index contributed by atoms with van der Waals surface area (Å²) < 4.78 is 5.53. The number of non-ortho nitro benzene ring substituents is 1. The highest BCUT2D eigenvalue weighted by Crippen LogP contribution is 2.29. The summed E-state index contributed by atoms with van der Waals surface area (Å²) >= 11 is 0. The molecular weight excluding hydrogens is 440 g/mol. The van der Waals surface area contributed by atoms with E-state index < -0.39 is 27.2 Å². The quantitative estimate of drug-likeness (QED) is 0.131. The molecule has 0 amide bonds. The largest absolute Gasteiger partial charge is 0.423 e. The van der Waals surface area contributed by atoms with Crippen LogP contribution in [0.25, 0.3) is 10.8 Å². The molecule has 4 aromatic carbocycles. The summed E-state index contributed by atoms with van der Waals surface area (Å²) in [6.07, 6.45) is 1.38. The number of hydrazone groups is 1. The Hall–Kier alpha value is -5.12. The van der Waals surface area contributed by atoms with Gasteiger partial charge in [0.25, 0.3) is 5.69 Å². The van der Waals surface area contributed by atoms with Gasteiger partial charge in [-0.3, -0.25) is 25.7 Å². The van der Waals surface area contributed by atoms with E-state index in [1.165, 1.54) is 12.3 Å². The first-order chi connectivity index (χ1) is 16.4. The molecule has 0 aromatic heterocycles. The van der Waals surface area contributed by atoms with Gasteiger partial charge in [0.05, 0.1) is 27.7 Å². The van der Waals surface area contributed by atoms with Crippen molar-refractivity contribution in [1.29, 1.82) is 0 Å². The van der Waals surface area contributed by atoms with Crippen molar-refractivity contribution in [1.82, 2.24) is 0 Å². The molecule has 0 unspecified atom stereocenters. The average Bonchev–Trinajstić information content (AvgIpc) is 2.83. The number of hydrogen-bond donors (Lipinski definition) is 1. The monoisotopic (exact) mass is 456 g/mol. The van der Waals surface area contributed by atoms with E-state index in [4.69, 9.17) is 4.74 Å². The van der Waals surface area contributed by atoms with E-state index in [-0.39, 0.29) is 5.69 Å². The predicted molar refractivity (Wildman–Crippen MR) is 126 cm³/mol. The molecule has 4 rings (SSSR count). The minimum Gasteiger partial charge on any atom is -0.423 e. The van der Waals surface area contributed by atoms with E-state index in [2.05, 4.69) is 10.5 Å². The predicted octanol–water partition coefficient (Wildman–Crippen LogP) is 5.32. The van der Waals surface area contributed by atoms with Gasteiger partial charge in [0.1, 0.15) is 11.4 Å². The Kier molecular flexibility index (Phi) is 6.22. The first-order valence-electron chi connectivity index (χ1n) is 9.94. The second kappa shape index (κ2) is 9.57. The van der Waals surface area contributed by atoms with Crippen molar-refractivity contribution < 1.29 is 19.4 Å². The summed E-state index contributed by atoms with van der Waals surface area (Å²) in [6.45, 7) is 0. The molecule has 10 nitrogen and oxygen atoms in total. The molecule has 0 radical (unpaired) electrons. The van der Waals surface area contributed by atoms with Crippen LogP contribution in [0.15, 0.2) is 90.0 Å². The standard InChI is InChI=1S/C24H16N4O6/c29-24(21-10-4-7-17-6-1-2-9-20(17)21)34-19-8-3-5-16(13-19)15-25-26-22-12-11-18(27(30)31)14-23(22)28(32)33/h1-15,26H/b25-15-.